The van der Waals surface area contributed by atoms with E-state index in [2.05, 4.69) is 33.7 Å². The van der Waals surface area contributed by atoms with Crippen molar-refractivity contribution in [1.29, 1.82) is 5.26 Å². The van der Waals surface area contributed by atoms with E-state index in [1.807, 2.05) is 37.3 Å². The Morgan fingerprint density at radius 3 is 2.74 bits per heavy atom. The summed E-state index contributed by atoms with van der Waals surface area (Å²) in [6.45, 7) is 4.81. The molecule has 2 aromatic carbocycles. The number of anilines is 2. The van der Waals surface area contributed by atoms with Crippen molar-refractivity contribution in [2.45, 2.75) is 38.8 Å². The van der Waals surface area contributed by atoms with Crippen molar-refractivity contribution in [1.82, 2.24) is 5.32 Å². The van der Waals surface area contributed by atoms with Crippen LogP contribution in [0.1, 0.15) is 37.3 Å². The predicted molar refractivity (Wildman–Crippen MR) is 109 cm³/mol. The number of benzene rings is 2. The maximum atomic E-state index is 12.4. The fourth-order valence-electron chi connectivity index (χ4n) is 3.36. The number of hydrogen-bond acceptors (Lipinski definition) is 4. The summed E-state index contributed by atoms with van der Waals surface area (Å²) in [6, 6.07) is 17.8. The van der Waals surface area contributed by atoms with Crippen LogP contribution in [0, 0.1) is 11.3 Å². The van der Waals surface area contributed by atoms with E-state index in [9.17, 15) is 4.79 Å². The number of carbonyl (C=O) groups excluding carboxylic acids is 1. The number of rotatable bonds is 7. The van der Waals surface area contributed by atoms with Crippen LogP contribution in [0.15, 0.2) is 48.5 Å². The lowest BCUT2D eigenvalue weighted by Crippen LogP contribution is -2.30. The van der Waals surface area contributed by atoms with Gasteiger partial charge in [0.05, 0.1) is 11.6 Å². The summed E-state index contributed by atoms with van der Waals surface area (Å²) in [5, 5.41) is 15.3. The standard InChI is InChI=1S/C22H26N4O/c1-17(24-16-19-7-4-6-18(13-19)15-23)12-22(27)25-20-8-5-9-21(14-20)26-10-2-3-11-26/h4-9,13-14,17,24H,2-3,10-12,16H2,1H3,(H,25,27). The topological polar surface area (TPSA) is 68.2 Å². The van der Waals surface area contributed by atoms with Gasteiger partial charge in [-0.05, 0) is 55.7 Å². The Kier molecular flexibility index (Phi) is 6.45. The van der Waals surface area contributed by atoms with E-state index in [0.717, 1.165) is 24.3 Å². The van der Waals surface area contributed by atoms with Gasteiger partial charge in [0.15, 0.2) is 0 Å². The van der Waals surface area contributed by atoms with Gasteiger partial charge in [0, 0.05) is 43.5 Å². The highest BCUT2D eigenvalue weighted by Gasteiger charge is 2.13. The average Bonchev–Trinajstić information content (AvgIpc) is 3.21. The van der Waals surface area contributed by atoms with Crippen molar-refractivity contribution in [2.24, 2.45) is 0 Å². The predicted octanol–water partition coefficient (Wildman–Crippen LogP) is 3.67. The molecule has 5 nitrogen and oxygen atoms in total. The largest absolute Gasteiger partial charge is 0.371 e. The van der Waals surface area contributed by atoms with E-state index in [4.69, 9.17) is 5.26 Å². The molecule has 5 heteroatoms. The van der Waals surface area contributed by atoms with Crippen molar-refractivity contribution in [3.05, 3.63) is 59.7 Å². The molecule has 1 aliphatic heterocycles. The van der Waals surface area contributed by atoms with Gasteiger partial charge in [-0.15, -0.1) is 0 Å². The van der Waals surface area contributed by atoms with Gasteiger partial charge in [0.2, 0.25) is 5.91 Å². The van der Waals surface area contributed by atoms with Crippen molar-refractivity contribution >= 4 is 17.3 Å². The van der Waals surface area contributed by atoms with E-state index in [1.165, 1.54) is 18.5 Å². The molecule has 0 saturated carbocycles. The van der Waals surface area contributed by atoms with Crippen LogP contribution in [0.3, 0.4) is 0 Å². The molecular weight excluding hydrogens is 336 g/mol. The van der Waals surface area contributed by atoms with Gasteiger partial charge in [0.1, 0.15) is 0 Å². The fourth-order valence-corrected chi connectivity index (χ4v) is 3.36. The van der Waals surface area contributed by atoms with Crippen molar-refractivity contribution in [2.75, 3.05) is 23.3 Å². The van der Waals surface area contributed by atoms with Crippen LogP contribution in [-0.2, 0) is 11.3 Å². The first-order valence-corrected chi connectivity index (χ1v) is 9.51. The highest BCUT2D eigenvalue weighted by Crippen LogP contribution is 2.23. The van der Waals surface area contributed by atoms with Gasteiger partial charge in [-0.2, -0.15) is 5.26 Å². The zero-order chi connectivity index (χ0) is 19.1. The second-order valence-electron chi connectivity index (χ2n) is 7.09. The molecular formula is C22H26N4O. The third-order valence-electron chi connectivity index (χ3n) is 4.80. The van der Waals surface area contributed by atoms with Crippen LogP contribution in [0.2, 0.25) is 0 Å². The second-order valence-corrected chi connectivity index (χ2v) is 7.09. The third-order valence-corrected chi connectivity index (χ3v) is 4.80. The minimum Gasteiger partial charge on any atom is -0.371 e. The van der Waals surface area contributed by atoms with Crippen molar-refractivity contribution in [3.8, 4) is 6.07 Å². The Bertz CT molecular complexity index is 821. The van der Waals surface area contributed by atoms with E-state index in [-0.39, 0.29) is 11.9 Å². The number of carbonyl (C=O) groups is 1. The highest BCUT2D eigenvalue weighted by molar-refractivity contribution is 5.91. The van der Waals surface area contributed by atoms with E-state index >= 15 is 0 Å². The molecule has 1 fully saturated rings. The molecule has 1 amide bonds. The molecule has 1 unspecified atom stereocenters. The molecule has 1 heterocycles. The van der Waals surface area contributed by atoms with Gasteiger partial charge in [0.25, 0.3) is 0 Å². The maximum absolute atomic E-state index is 12.4. The lowest BCUT2D eigenvalue weighted by atomic mass is 10.1. The van der Waals surface area contributed by atoms with Crippen LogP contribution in [-0.4, -0.2) is 25.0 Å². The molecule has 0 aliphatic carbocycles. The van der Waals surface area contributed by atoms with Crippen LogP contribution in [0.25, 0.3) is 0 Å². The summed E-state index contributed by atoms with van der Waals surface area (Å²) in [7, 11) is 0. The second kappa shape index (κ2) is 9.20. The number of hydrogen-bond donors (Lipinski definition) is 2. The molecule has 140 valence electrons. The van der Waals surface area contributed by atoms with Crippen LogP contribution >= 0.6 is 0 Å². The summed E-state index contributed by atoms with van der Waals surface area (Å²) < 4.78 is 0. The summed E-state index contributed by atoms with van der Waals surface area (Å²) in [4.78, 5) is 14.7. The number of amides is 1. The lowest BCUT2D eigenvalue weighted by Gasteiger charge is -2.19. The monoisotopic (exact) mass is 362 g/mol. The molecule has 0 aromatic heterocycles. The summed E-state index contributed by atoms with van der Waals surface area (Å²) in [6.07, 6.45) is 2.86. The average molecular weight is 362 g/mol. The van der Waals surface area contributed by atoms with Gasteiger partial charge >= 0.3 is 0 Å². The van der Waals surface area contributed by atoms with Crippen molar-refractivity contribution in [3.63, 3.8) is 0 Å². The molecule has 1 aliphatic rings. The van der Waals surface area contributed by atoms with Gasteiger partial charge in [-0.25, -0.2) is 0 Å². The Morgan fingerprint density at radius 2 is 1.96 bits per heavy atom. The Labute approximate surface area is 161 Å². The zero-order valence-corrected chi connectivity index (χ0v) is 15.7. The molecule has 0 spiro atoms. The maximum Gasteiger partial charge on any atom is 0.225 e. The number of nitrogens with one attached hydrogen (secondary N) is 2. The molecule has 2 aromatic rings. The number of nitriles is 1. The first-order valence-electron chi connectivity index (χ1n) is 9.51. The van der Waals surface area contributed by atoms with Gasteiger partial charge in [-0.1, -0.05) is 18.2 Å². The third kappa shape index (κ3) is 5.57. The quantitative estimate of drug-likeness (QED) is 0.789. The molecule has 1 atom stereocenters. The molecule has 27 heavy (non-hydrogen) atoms. The lowest BCUT2D eigenvalue weighted by molar-refractivity contribution is -0.116. The van der Waals surface area contributed by atoms with E-state index < -0.39 is 0 Å². The van der Waals surface area contributed by atoms with Gasteiger partial charge in [-0.3, -0.25) is 4.79 Å². The molecule has 0 bridgehead atoms. The normalized spacial score (nSPS) is 14.6. The van der Waals surface area contributed by atoms with Gasteiger partial charge < -0.3 is 15.5 Å². The fraction of sp³-hybridized carbons (Fsp3) is 0.364. The van der Waals surface area contributed by atoms with Crippen molar-refractivity contribution < 1.29 is 4.79 Å². The summed E-state index contributed by atoms with van der Waals surface area (Å²) in [5.74, 6) is -0.000604. The van der Waals surface area contributed by atoms with Crippen LogP contribution < -0.4 is 15.5 Å². The summed E-state index contributed by atoms with van der Waals surface area (Å²) >= 11 is 0. The minimum absolute atomic E-state index is 0.000604. The SMILES string of the molecule is CC(CC(=O)Nc1cccc(N2CCCC2)c1)NCc1cccc(C#N)c1. The molecule has 1 saturated heterocycles. The van der Waals surface area contributed by atoms with Crippen LogP contribution in [0.4, 0.5) is 11.4 Å². The number of nitrogens with zero attached hydrogens (tertiary/aromatic N) is 2. The summed E-state index contributed by atoms with van der Waals surface area (Å²) in [5.41, 5.74) is 3.71. The Morgan fingerprint density at radius 1 is 1.19 bits per heavy atom. The minimum atomic E-state index is -0.000604. The smallest absolute Gasteiger partial charge is 0.225 e. The zero-order valence-electron chi connectivity index (χ0n) is 15.7. The molecule has 0 radical (unpaired) electrons. The Hall–Kier alpha value is -2.84. The first-order chi connectivity index (χ1) is 13.1. The Balaban J connectivity index is 1.48. The first kappa shape index (κ1) is 18.9. The van der Waals surface area contributed by atoms with E-state index in [1.54, 1.807) is 6.07 Å². The molecule has 3 rings (SSSR count). The molecule has 2 N–H and O–H groups in total. The van der Waals surface area contributed by atoms with E-state index in [0.29, 0.717) is 18.5 Å². The highest BCUT2D eigenvalue weighted by atomic mass is 16.1. The van der Waals surface area contributed by atoms with Crippen LogP contribution in [0.5, 0.6) is 0 Å².